The third kappa shape index (κ3) is 2.47. The van der Waals surface area contributed by atoms with Gasteiger partial charge in [-0.1, -0.05) is 15.9 Å². The van der Waals surface area contributed by atoms with Crippen LogP contribution in [0.15, 0.2) is 27.7 Å². The van der Waals surface area contributed by atoms with Crippen molar-refractivity contribution in [3.8, 4) is 0 Å². The van der Waals surface area contributed by atoms with Gasteiger partial charge in [-0.3, -0.25) is 0 Å². The average Bonchev–Trinajstić information content (AvgIpc) is 2.09. The summed E-state index contributed by atoms with van der Waals surface area (Å²) in [7, 11) is 0. The van der Waals surface area contributed by atoms with E-state index in [0.717, 1.165) is 4.47 Å². The van der Waals surface area contributed by atoms with E-state index in [2.05, 4.69) is 20.9 Å². The van der Waals surface area contributed by atoms with Gasteiger partial charge >= 0.3 is 0 Å². The Balaban J connectivity index is 3.12. The molecule has 0 aliphatic heterocycles. The first-order valence-corrected chi connectivity index (χ1v) is 4.46. The summed E-state index contributed by atoms with van der Waals surface area (Å²) < 4.78 is 13.5. The summed E-state index contributed by atoms with van der Waals surface area (Å²) in [5.41, 5.74) is 0.642. The summed E-state index contributed by atoms with van der Waals surface area (Å²) in [5, 5.41) is 0. The van der Waals surface area contributed by atoms with Gasteiger partial charge in [0, 0.05) is 4.47 Å². The molecule has 0 heterocycles. The monoisotopic (exact) mass is 243 g/mol. The number of carbonyl (C=O) groups excluding carboxylic acids is 1. The van der Waals surface area contributed by atoms with Crippen LogP contribution >= 0.6 is 15.9 Å². The molecule has 68 valence electrons. The first kappa shape index (κ1) is 10.1. The highest BCUT2D eigenvalue weighted by Crippen LogP contribution is 2.25. The molecule has 0 radical (unpaired) electrons. The van der Waals surface area contributed by atoms with Crippen molar-refractivity contribution in [2.24, 2.45) is 4.99 Å². The van der Waals surface area contributed by atoms with Gasteiger partial charge in [0.2, 0.25) is 6.08 Å². The van der Waals surface area contributed by atoms with Crippen LogP contribution in [0.1, 0.15) is 18.5 Å². The van der Waals surface area contributed by atoms with E-state index in [4.69, 9.17) is 0 Å². The van der Waals surface area contributed by atoms with Crippen molar-refractivity contribution >= 4 is 22.0 Å². The lowest BCUT2D eigenvalue weighted by Gasteiger charge is -2.06. The number of aliphatic imine (C=N–C) groups is 1. The first-order valence-electron chi connectivity index (χ1n) is 3.67. The molecule has 13 heavy (non-hydrogen) atoms. The molecule has 1 aromatic rings. The predicted molar refractivity (Wildman–Crippen MR) is 50.6 cm³/mol. The van der Waals surface area contributed by atoms with Crippen molar-refractivity contribution in [2.75, 3.05) is 0 Å². The Bertz CT molecular complexity index is 361. The quantitative estimate of drug-likeness (QED) is 0.580. The van der Waals surface area contributed by atoms with Gasteiger partial charge in [-0.2, -0.15) is 4.99 Å². The van der Waals surface area contributed by atoms with E-state index in [-0.39, 0.29) is 11.9 Å². The molecule has 1 atom stereocenters. The molecule has 4 heteroatoms. The molecular formula is C9H7BrFNO. The van der Waals surface area contributed by atoms with Crippen molar-refractivity contribution in [1.29, 1.82) is 0 Å². The van der Waals surface area contributed by atoms with Crippen LogP contribution in [0.4, 0.5) is 4.39 Å². The number of benzene rings is 1. The lowest BCUT2D eigenvalue weighted by Crippen LogP contribution is -1.92. The third-order valence-corrected chi connectivity index (χ3v) is 2.38. The fourth-order valence-electron chi connectivity index (χ4n) is 0.983. The number of hydrogen-bond acceptors (Lipinski definition) is 2. The zero-order valence-electron chi connectivity index (χ0n) is 6.92. The molecule has 0 fully saturated rings. The number of isocyanates is 1. The molecule has 0 aromatic heterocycles. The van der Waals surface area contributed by atoms with Gasteiger partial charge in [-0.25, -0.2) is 9.18 Å². The molecule has 0 spiro atoms. The first-order chi connectivity index (χ1) is 6.15. The molecule has 2 nitrogen and oxygen atoms in total. The molecule has 0 saturated carbocycles. The van der Waals surface area contributed by atoms with Crippen LogP contribution in [-0.2, 0) is 4.79 Å². The number of nitrogens with zero attached hydrogens (tertiary/aromatic N) is 1. The number of hydrogen-bond donors (Lipinski definition) is 0. The zero-order chi connectivity index (χ0) is 9.84. The summed E-state index contributed by atoms with van der Waals surface area (Å²) in [6.45, 7) is 1.70. The summed E-state index contributed by atoms with van der Waals surface area (Å²) in [5.74, 6) is -0.342. The van der Waals surface area contributed by atoms with Gasteiger partial charge in [0.15, 0.2) is 0 Å². The zero-order valence-corrected chi connectivity index (χ0v) is 8.51. The van der Waals surface area contributed by atoms with Crippen molar-refractivity contribution in [2.45, 2.75) is 13.0 Å². The Kier molecular flexibility index (Phi) is 3.34. The van der Waals surface area contributed by atoms with Crippen LogP contribution in [0.25, 0.3) is 0 Å². The summed E-state index contributed by atoms with van der Waals surface area (Å²) >= 11 is 3.24. The highest BCUT2D eigenvalue weighted by molar-refractivity contribution is 9.10. The standard InChI is InChI=1S/C9H7BrFNO/c1-6(12-5-13)8-4-7(11)2-3-9(8)10/h2-4,6H,1H3. The fourth-order valence-corrected chi connectivity index (χ4v) is 1.56. The van der Waals surface area contributed by atoms with Crippen molar-refractivity contribution in [3.63, 3.8) is 0 Å². The van der Waals surface area contributed by atoms with Crippen LogP contribution in [0, 0.1) is 5.82 Å². The highest BCUT2D eigenvalue weighted by atomic mass is 79.9. The van der Waals surface area contributed by atoms with Crippen LogP contribution < -0.4 is 0 Å². The topological polar surface area (TPSA) is 29.4 Å². The second kappa shape index (κ2) is 4.30. The molecule has 1 aromatic carbocycles. The lowest BCUT2D eigenvalue weighted by molar-refractivity contribution is 0.559. The summed E-state index contributed by atoms with van der Waals surface area (Å²) in [4.78, 5) is 13.5. The minimum atomic E-state index is -0.373. The summed E-state index contributed by atoms with van der Waals surface area (Å²) in [6.07, 6.45) is 1.44. The number of halogens is 2. The largest absolute Gasteiger partial charge is 0.235 e. The predicted octanol–water partition coefficient (Wildman–Crippen LogP) is 2.99. The van der Waals surface area contributed by atoms with Crippen molar-refractivity contribution in [3.05, 3.63) is 34.1 Å². The van der Waals surface area contributed by atoms with E-state index in [9.17, 15) is 9.18 Å². The van der Waals surface area contributed by atoms with E-state index >= 15 is 0 Å². The Morgan fingerprint density at radius 3 is 2.92 bits per heavy atom. The Labute approximate surface area is 83.6 Å². The Morgan fingerprint density at radius 2 is 2.31 bits per heavy atom. The second-order valence-electron chi connectivity index (χ2n) is 2.56. The van der Waals surface area contributed by atoms with E-state index in [1.165, 1.54) is 18.2 Å². The molecule has 1 rings (SSSR count). The van der Waals surface area contributed by atoms with E-state index < -0.39 is 0 Å². The average molecular weight is 244 g/mol. The van der Waals surface area contributed by atoms with E-state index in [1.54, 1.807) is 13.0 Å². The van der Waals surface area contributed by atoms with Gasteiger partial charge < -0.3 is 0 Å². The Hall–Kier alpha value is -0.990. The Morgan fingerprint density at radius 1 is 1.62 bits per heavy atom. The van der Waals surface area contributed by atoms with Crippen LogP contribution in [-0.4, -0.2) is 6.08 Å². The summed E-state index contributed by atoms with van der Waals surface area (Å²) in [6, 6.07) is 3.89. The molecule has 0 amide bonds. The van der Waals surface area contributed by atoms with Crippen molar-refractivity contribution < 1.29 is 9.18 Å². The van der Waals surface area contributed by atoms with Crippen LogP contribution in [0.5, 0.6) is 0 Å². The van der Waals surface area contributed by atoms with Crippen LogP contribution in [0.2, 0.25) is 0 Å². The highest BCUT2D eigenvalue weighted by Gasteiger charge is 2.08. The lowest BCUT2D eigenvalue weighted by atomic mass is 10.1. The fraction of sp³-hybridized carbons (Fsp3) is 0.222. The molecular weight excluding hydrogens is 237 g/mol. The third-order valence-electron chi connectivity index (χ3n) is 1.65. The maximum Gasteiger partial charge on any atom is 0.235 e. The minimum Gasteiger partial charge on any atom is -0.211 e. The maximum atomic E-state index is 12.8. The van der Waals surface area contributed by atoms with E-state index in [0.29, 0.717) is 5.56 Å². The maximum absolute atomic E-state index is 12.8. The number of rotatable bonds is 2. The molecule has 1 unspecified atom stereocenters. The van der Waals surface area contributed by atoms with Gasteiger partial charge in [-0.15, -0.1) is 0 Å². The van der Waals surface area contributed by atoms with E-state index in [1.807, 2.05) is 0 Å². The molecule has 0 N–H and O–H groups in total. The van der Waals surface area contributed by atoms with Crippen LogP contribution in [0.3, 0.4) is 0 Å². The van der Waals surface area contributed by atoms with Crippen molar-refractivity contribution in [1.82, 2.24) is 0 Å². The van der Waals surface area contributed by atoms with Gasteiger partial charge in [0.1, 0.15) is 5.82 Å². The molecule has 0 bridgehead atoms. The molecule has 0 saturated heterocycles. The second-order valence-corrected chi connectivity index (χ2v) is 3.42. The van der Waals surface area contributed by atoms with Gasteiger partial charge in [0.05, 0.1) is 6.04 Å². The SMILES string of the molecule is CC(N=C=O)c1cc(F)ccc1Br. The molecule has 0 aliphatic carbocycles. The normalized spacial score (nSPS) is 11.9. The molecule has 0 aliphatic rings. The van der Waals surface area contributed by atoms with Gasteiger partial charge in [-0.05, 0) is 30.7 Å². The van der Waals surface area contributed by atoms with Gasteiger partial charge in [0.25, 0.3) is 0 Å². The minimum absolute atomic E-state index is 0.342. The smallest absolute Gasteiger partial charge is 0.211 e.